The molecule has 6 aromatic carbocycles. The van der Waals surface area contributed by atoms with Crippen LogP contribution in [0.5, 0.6) is 0 Å². The summed E-state index contributed by atoms with van der Waals surface area (Å²) in [5, 5.41) is 4.83. The predicted octanol–water partition coefficient (Wildman–Crippen LogP) is 11.1. The van der Waals surface area contributed by atoms with Gasteiger partial charge in [-0.2, -0.15) is 21.9 Å². The van der Waals surface area contributed by atoms with E-state index in [0.717, 1.165) is 22.1 Å². The summed E-state index contributed by atoms with van der Waals surface area (Å²) >= 11 is 0. The van der Waals surface area contributed by atoms with Crippen LogP contribution in [-0.4, -0.2) is 26.1 Å². The fourth-order valence-electron chi connectivity index (χ4n) is 8.90. The van der Waals surface area contributed by atoms with Crippen molar-refractivity contribution in [3.8, 4) is 0 Å². The van der Waals surface area contributed by atoms with Gasteiger partial charge in [0.05, 0.1) is 22.1 Å². The van der Waals surface area contributed by atoms with Crippen LogP contribution in [-0.2, 0) is 17.1 Å². The van der Waals surface area contributed by atoms with Gasteiger partial charge in [-0.05, 0) is 99.9 Å². The van der Waals surface area contributed by atoms with Gasteiger partial charge in [-0.15, -0.1) is 0 Å². The van der Waals surface area contributed by atoms with Crippen LogP contribution in [0.2, 0.25) is 0 Å². The molecule has 0 aliphatic heterocycles. The summed E-state index contributed by atoms with van der Waals surface area (Å²) in [6.07, 6.45) is 6.54. The average Bonchev–Trinajstić information content (AvgIpc) is 3.30. The number of benzene rings is 6. The van der Waals surface area contributed by atoms with Crippen molar-refractivity contribution in [3.63, 3.8) is 0 Å². The molecule has 0 unspecified atom stereocenters. The molecule has 0 saturated carbocycles. The molecule has 0 amide bonds. The van der Waals surface area contributed by atoms with E-state index in [1.165, 1.54) is 87.9 Å². The molecule has 0 aliphatic rings. The SMILES string of the molecule is Cc1cnc2c(ccc3c(C)c(C)cnc32)c1C.Cc1cnc2c(ccc3c(C)c(C)cnc32)c1C.[Cu+].c1ccc([B-](c2ccccc2)(c2ccccc2)c2ccccc2)cc1. The van der Waals surface area contributed by atoms with E-state index < -0.39 is 6.15 Å². The van der Waals surface area contributed by atoms with Gasteiger partial charge in [0, 0.05) is 46.3 Å². The van der Waals surface area contributed by atoms with Gasteiger partial charge in [0.25, 0.3) is 0 Å². The Morgan fingerprint density at radius 1 is 0.274 bits per heavy atom. The maximum Gasteiger partial charge on any atom is 1.00 e. The standard InChI is InChI=1S/C24H20B.2C16H16N2.Cu/c1-5-13-21(14-6-1)25(22-15-7-2-8-16-22,23-17-9-3-10-18-23)24-19-11-4-12-20-24;2*1-9-7-17-15-13(11(9)3)5-6-14-12(4)10(2)8-18-16(14)15;/h1-20H;2*5-8H,1-4H3;/q-1;;;+1. The van der Waals surface area contributed by atoms with Crippen LogP contribution in [0.3, 0.4) is 0 Å². The predicted molar refractivity (Wildman–Crippen MR) is 262 cm³/mol. The number of hydrogen-bond acceptors (Lipinski definition) is 4. The van der Waals surface area contributed by atoms with Gasteiger partial charge in [0.2, 0.25) is 0 Å². The van der Waals surface area contributed by atoms with E-state index in [9.17, 15) is 0 Å². The normalized spacial score (nSPS) is 11.1. The molecule has 0 atom stereocenters. The molecule has 0 N–H and O–H groups in total. The van der Waals surface area contributed by atoms with Crippen LogP contribution in [0.15, 0.2) is 170 Å². The number of aryl methyl sites for hydroxylation is 8. The minimum atomic E-state index is -1.22. The molecule has 6 heteroatoms. The molecular formula is C56H52BCuN4. The molecular weight excluding hydrogens is 803 g/mol. The Morgan fingerprint density at radius 2 is 0.468 bits per heavy atom. The number of pyridine rings is 4. The second-order valence-corrected chi connectivity index (χ2v) is 16.5. The van der Waals surface area contributed by atoms with Crippen molar-refractivity contribution in [2.45, 2.75) is 55.4 Å². The Labute approximate surface area is 377 Å². The van der Waals surface area contributed by atoms with Gasteiger partial charge < -0.3 is 0 Å². The zero-order valence-electron chi connectivity index (χ0n) is 36.8. The molecule has 0 saturated heterocycles. The fourth-order valence-corrected chi connectivity index (χ4v) is 8.90. The van der Waals surface area contributed by atoms with E-state index in [2.05, 4.69) is 221 Å². The third kappa shape index (κ3) is 8.05. The smallest absolute Gasteiger partial charge is 0.254 e. The van der Waals surface area contributed by atoms with Crippen LogP contribution in [0, 0.1) is 55.4 Å². The minimum Gasteiger partial charge on any atom is -0.254 e. The monoisotopic (exact) mass is 854 g/mol. The first-order valence-corrected chi connectivity index (χ1v) is 21.2. The summed E-state index contributed by atoms with van der Waals surface area (Å²) in [5.41, 5.74) is 19.5. The minimum absolute atomic E-state index is 0. The first kappa shape index (κ1) is 43.6. The summed E-state index contributed by atoms with van der Waals surface area (Å²) in [5.74, 6) is 0. The molecule has 0 bridgehead atoms. The second-order valence-electron chi connectivity index (χ2n) is 16.5. The maximum absolute atomic E-state index is 4.58. The van der Waals surface area contributed by atoms with E-state index in [0.29, 0.717) is 0 Å². The van der Waals surface area contributed by atoms with E-state index >= 15 is 0 Å². The molecule has 0 spiro atoms. The zero-order valence-corrected chi connectivity index (χ0v) is 37.8. The molecule has 62 heavy (non-hydrogen) atoms. The number of hydrogen-bond donors (Lipinski definition) is 0. The van der Waals surface area contributed by atoms with Gasteiger partial charge in [0.15, 0.2) is 0 Å². The van der Waals surface area contributed by atoms with Crippen molar-refractivity contribution in [1.82, 2.24) is 19.9 Å². The molecule has 4 heterocycles. The summed E-state index contributed by atoms with van der Waals surface area (Å²) in [4.78, 5) is 18.3. The molecule has 0 radical (unpaired) electrons. The summed E-state index contributed by atoms with van der Waals surface area (Å²) in [7, 11) is 0. The Bertz CT molecular complexity index is 2720. The molecule has 310 valence electrons. The second kappa shape index (κ2) is 18.7. The van der Waals surface area contributed by atoms with Crippen molar-refractivity contribution in [2.24, 2.45) is 0 Å². The molecule has 0 fully saturated rings. The van der Waals surface area contributed by atoms with E-state index in [-0.39, 0.29) is 17.1 Å². The van der Waals surface area contributed by atoms with Crippen LogP contribution in [0.25, 0.3) is 43.6 Å². The molecule has 4 nitrogen and oxygen atoms in total. The van der Waals surface area contributed by atoms with Crippen LogP contribution < -0.4 is 21.9 Å². The maximum atomic E-state index is 4.58. The number of rotatable bonds is 4. The van der Waals surface area contributed by atoms with Crippen molar-refractivity contribution in [3.05, 3.63) is 215 Å². The Kier molecular flexibility index (Phi) is 13.1. The van der Waals surface area contributed by atoms with Crippen molar-refractivity contribution in [2.75, 3.05) is 0 Å². The van der Waals surface area contributed by atoms with Crippen molar-refractivity contribution >= 4 is 71.6 Å². The topological polar surface area (TPSA) is 51.6 Å². The molecule has 0 aliphatic carbocycles. The Balaban J connectivity index is 0.000000142. The van der Waals surface area contributed by atoms with Gasteiger partial charge in [-0.25, -0.2) is 0 Å². The van der Waals surface area contributed by atoms with Crippen LogP contribution in [0.1, 0.15) is 44.5 Å². The van der Waals surface area contributed by atoms with Gasteiger partial charge in [0.1, 0.15) is 6.15 Å². The zero-order chi connectivity index (χ0) is 42.7. The van der Waals surface area contributed by atoms with Gasteiger partial charge in [-0.1, -0.05) is 146 Å². The number of nitrogens with zero attached hydrogens (tertiary/aromatic N) is 4. The van der Waals surface area contributed by atoms with Crippen LogP contribution in [0.4, 0.5) is 0 Å². The third-order valence-electron chi connectivity index (χ3n) is 13.0. The molecule has 4 aromatic heterocycles. The first-order valence-electron chi connectivity index (χ1n) is 21.2. The number of aromatic nitrogens is 4. The van der Waals surface area contributed by atoms with E-state index in [1.807, 2.05) is 24.8 Å². The van der Waals surface area contributed by atoms with Gasteiger partial charge in [-0.3, -0.25) is 19.9 Å². The fraction of sp³-hybridized carbons (Fsp3) is 0.143. The van der Waals surface area contributed by atoms with Crippen LogP contribution >= 0.6 is 0 Å². The summed E-state index contributed by atoms with van der Waals surface area (Å²) < 4.78 is 0. The quantitative estimate of drug-likeness (QED) is 0.131. The first-order chi connectivity index (χ1) is 29.6. The summed E-state index contributed by atoms with van der Waals surface area (Å²) in [6.45, 7) is 17.0. The van der Waals surface area contributed by atoms with E-state index in [1.54, 1.807) is 0 Å². The van der Waals surface area contributed by atoms with Crippen molar-refractivity contribution < 1.29 is 17.1 Å². The summed E-state index contributed by atoms with van der Waals surface area (Å²) in [6, 6.07) is 52.2. The van der Waals surface area contributed by atoms with Crippen molar-refractivity contribution in [1.29, 1.82) is 0 Å². The Hall–Kier alpha value is -6.46. The molecule has 10 rings (SSSR count). The molecule has 10 aromatic rings. The van der Waals surface area contributed by atoms with E-state index in [4.69, 9.17) is 0 Å². The third-order valence-corrected chi connectivity index (χ3v) is 13.0. The largest absolute Gasteiger partial charge is 1.00 e. The number of fused-ring (bicyclic) bond motifs is 6. The van der Waals surface area contributed by atoms with Gasteiger partial charge >= 0.3 is 17.1 Å². The average molecular weight is 855 g/mol. The Morgan fingerprint density at radius 3 is 0.661 bits per heavy atom.